The maximum absolute atomic E-state index is 12.5. The highest BCUT2D eigenvalue weighted by molar-refractivity contribution is 5.90. The molecule has 0 radical (unpaired) electrons. The van der Waals surface area contributed by atoms with E-state index in [1.807, 2.05) is 60.7 Å². The highest BCUT2D eigenvalue weighted by Crippen LogP contribution is 2.29. The lowest BCUT2D eigenvalue weighted by molar-refractivity contribution is -0.145. The van der Waals surface area contributed by atoms with Crippen molar-refractivity contribution in [1.82, 2.24) is 19.8 Å². The number of carbonyl (C=O) groups excluding carboxylic acids is 2. The number of rotatable bonds is 3. The van der Waals surface area contributed by atoms with Gasteiger partial charge in [0, 0.05) is 20.1 Å². The van der Waals surface area contributed by atoms with E-state index in [1.54, 1.807) is 11.8 Å². The Morgan fingerprint density at radius 2 is 1.58 bits per heavy atom. The monoisotopic (exact) mass is 425 g/mol. The molecular weight excluding hydrogens is 398 g/mol. The van der Waals surface area contributed by atoms with Crippen molar-refractivity contribution >= 4 is 18.0 Å². The third-order valence-corrected chi connectivity index (χ3v) is 5.39. The van der Waals surface area contributed by atoms with Crippen molar-refractivity contribution in [1.29, 1.82) is 0 Å². The molecule has 31 heavy (non-hydrogen) atoms. The summed E-state index contributed by atoms with van der Waals surface area (Å²) < 4.78 is 0. The number of fused-ring (bicyclic) bond motifs is 1. The lowest BCUT2D eigenvalue weighted by Gasteiger charge is -2.41. The first-order valence-electron chi connectivity index (χ1n) is 10.00. The van der Waals surface area contributed by atoms with Gasteiger partial charge in [0.1, 0.15) is 6.04 Å². The molecule has 0 aromatic heterocycles. The first-order valence-corrected chi connectivity index (χ1v) is 10.00. The Balaban J connectivity index is 0.000000287. The lowest BCUT2D eigenvalue weighted by Crippen LogP contribution is -2.62. The van der Waals surface area contributed by atoms with Gasteiger partial charge in [-0.1, -0.05) is 60.7 Å². The van der Waals surface area contributed by atoms with Gasteiger partial charge in [-0.2, -0.15) is 5.01 Å². The van der Waals surface area contributed by atoms with Crippen LogP contribution in [0.3, 0.4) is 0 Å². The first-order chi connectivity index (χ1) is 14.8. The fourth-order valence-corrected chi connectivity index (χ4v) is 3.78. The molecule has 0 saturated carbocycles. The molecule has 4 amide bonds. The second kappa shape index (κ2) is 9.48. The van der Waals surface area contributed by atoms with Crippen LogP contribution in [0.4, 0.5) is 9.59 Å². The molecule has 164 valence electrons. The van der Waals surface area contributed by atoms with Gasteiger partial charge in [0.15, 0.2) is 6.17 Å². The summed E-state index contributed by atoms with van der Waals surface area (Å²) in [7, 11) is 1.40. The SMILES string of the molecule is CC1C(=O)N(Cc2ccccc2)CC2N1C(=O)N(C)N2C(=O)O.NCc1ccccc1. The van der Waals surface area contributed by atoms with Crippen molar-refractivity contribution in [2.24, 2.45) is 5.73 Å². The quantitative estimate of drug-likeness (QED) is 0.783. The van der Waals surface area contributed by atoms with Gasteiger partial charge in [-0.05, 0) is 18.1 Å². The molecule has 2 atom stereocenters. The minimum absolute atomic E-state index is 0.153. The average Bonchev–Trinajstić information content (AvgIpc) is 3.03. The van der Waals surface area contributed by atoms with E-state index < -0.39 is 24.3 Å². The number of hydrazine groups is 1. The van der Waals surface area contributed by atoms with E-state index in [0.717, 1.165) is 15.6 Å². The van der Waals surface area contributed by atoms with Crippen molar-refractivity contribution < 1.29 is 19.5 Å². The molecule has 0 aliphatic carbocycles. The molecule has 2 unspecified atom stereocenters. The Morgan fingerprint density at radius 3 is 2.06 bits per heavy atom. The second-order valence-corrected chi connectivity index (χ2v) is 7.39. The molecule has 0 bridgehead atoms. The summed E-state index contributed by atoms with van der Waals surface area (Å²) in [6, 6.07) is 18.3. The molecule has 2 heterocycles. The number of carbonyl (C=O) groups is 3. The molecule has 0 spiro atoms. The molecule has 2 aromatic rings. The van der Waals surface area contributed by atoms with E-state index in [4.69, 9.17) is 5.73 Å². The largest absolute Gasteiger partial charge is 0.464 e. The van der Waals surface area contributed by atoms with E-state index >= 15 is 0 Å². The van der Waals surface area contributed by atoms with E-state index in [9.17, 15) is 19.5 Å². The third kappa shape index (κ3) is 4.61. The third-order valence-electron chi connectivity index (χ3n) is 5.39. The van der Waals surface area contributed by atoms with Crippen LogP contribution in [0.15, 0.2) is 60.7 Å². The number of urea groups is 1. The lowest BCUT2D eigenvalue weighted by atomic mass is 10.1. The van der Waals surface area contributed by atoms with Crippen molar-refractivity contribution in [3.63, 3.8) is 0 Å². The summed E-state index contributed by atoms with van der Waals surface area (Å²) in [6.07, 6.45) is -1.91. The fraction of sp³-hybridized carbons (Fsp3) is 0.318. The van der Waals surface area contributed by atoms with Crippen LogP contribution in [0.1, 0.15) is 18.1 Å². The van der Waals surface area contributed by atoms with Crippen LogP contribution in [0.2, 0.25) is 0 Å². The number of piperazine rings is 1. The minimum Gasteiger partial charge on any atom is -0.464 e. The van der Waals surface area contributed by atoms with E-state index in [2.05, 4.69) is 0 Å². The van der Waals surface area contributed by atoms with Crippen LogP contribution in [-0.2, 0) is 17.9 Å². The summed E-state index contributed by atoms with van der Waals surface area (Å²) >= 11 is 0. The predicted octanol–water partition coefficient (Wildman–Crippen LogP) is 2.15. The highest BCUT2D eigenvalue weighted by Gasteiger charge is 2.53. The number of hydrogen-bond donors (Lipinski definition) is 2. The van der Waals surface area contributed by atoms with Crippen molar-refractivity contribution in [3.8, 4) is 0 Å². The maximum atomic E-state index is 12.5. The number of amides is 4. The van der Waals surface area contributed by atoms with Crippen LogP contribution >= 0.6 is 0 Å². The summed E-state index contributed by atoms with van der Waals surface area (Å²) in [6.45, 7) is 2.81. The number of hydrogen-bond acceptors (Lipinski definition) is 4. The molecule has 2 aliphatic heterocycles. The predicted molar refractivity (Wildman–Crippen MR) is 114 cm³/mol. The van der Waals surface area contributed by atoms with Gasteiger partial charge in [0.2, 0.25) is 5.91 Å². The number of nitrogens with two attached hydrogens (primary N) is 1. The maximum Gasteiger partial charge on any atom is 0.428 e. The van der Waals surface area contributed by atoms with Crippen molar-refractivity contribution in [2.75, 3.05) is 13.6 Å². The van der Waals surface area contributed by atoms with Gasteiger partial charge in [-0.3, -0.25) is 9.69 Å². The zero-order chi connectivity index (χ0) is 22.5. The summed E-state index contributed by atoms with van der Waals surface area (Å²) in [5.41, 5.74) is 7.50. The summed E-state index contributed by atoms with van der Waals surface area (Å²) in [5, 5.41) is 11.4. The van der Waals surface area contributed by atoms with E-state index in [1.165, 1.54) is 17.5 Å². The normalized spacial score (nSPS) is 20.4. The van der Waals surface area contributed by atoms with Crippen molar-refractivity contribution in [2.45, 2.75) is 32.2 Å². The van der Waals surface area contributed by atoms with Gasteiger partial charge in [0.25, 0.3) is 0 Å². The number of benzene rings is 2. The van der Waals surface area contributed by atoms with Crippen LogP contribution in [0.5, 0.6) is 0 Å². The molecule has 2 fully saturated rings. The van der Waals surface area contributed by atoms with E-state index in [0.29, 0.717) is 13.1 Å². The second-order valence-electron chi connectivity index (χ2n) is 7.39. The van der Waals surface area contributed by atoms with Crippen LogP contribution < -0.4 is 5.73 Å². The Bertz CT molecular complexity index is 924. The van der Waals surface area contributed by atoms with Crippen LogP contribution in [0.25, 0.3) is 0 Å². The van der Waals surface area contributed by atoms with Gasteiger partial charge in [-0.25, -0.2) is 14.6 Å². The molecule has 2 saturated heterocycles. The molecule has 9 heteroatoms. The zero-order valence-corrected chi connectivity index (χ0v) is 17.6. The first kappa shape index (κ1) is 22.1. The van der Waals surface area contributed by atoms with E-state index in [-0.39, 0.29) is 12.5 Å². The molecule has 9 nitrogen and oxygen atoms in total. The van der Waals surface area contributed by atoms with Crippen LogP contribution in [-0.4, -0.2) is 68.8 Å². The standard InChI is InChI=1S/C15H18N4O4.C7H9N/c1-10-13(20)17(8-11-6-4-3-5-7-11)9-12-18(10)14(21)16(2)19(12)15(22)23;8-6-7-4-2-1-3-5-7/h3-7,10,12H,8-9H2,1-2H3,(H,22,23);1-5H,6,8H2. The van der Waals surface area contributed by atoms with Gasteiger partial charge in [-0.15, -0.1) is 0 Å². The molecular formula is C22H27N5O4. The summed E-state index contributed by atoms with van der Waals surface area (Å²) in [5.74, 6) is -0.181. The minimum atomic E-state index is -1.21. The highest BCUT2D eigenvalue weighted by atomic mass is 16.4. The van der Waals surface area contributed by atoms with Gasteiger partial charge < -0.3 is 15.7 Å². The zero-order valence-electron chi connectivity index (χ0n) is 17.6. The fourth-order valence-electron chi connectivity index (χ4n) is 3.78. The molecule has 2 aromatic carbocycles. The average molecular weight is 425 g/mol. The van der Waals surface area contributed by atoms with Gasteiger partial charge >= 0.3 is 12.1 Å². The molecule has 4 rings (SSSR count). The van der Waals surface area contributed by atoms with Gasteiger partial charge in [0.05, 0.1) is 6.54 Å². The molecule has 3 N–H and O–H groups in total. The molecule has 2 aliphatic rings. The Labute approximate surface area is 181 Å². The topological polar surface area (TPSA) is 110 Å². The Hall–Kier alpha value is -3.59. The summed E-state index contributed by atoms with van der Waals surface area (Å²) in [4.78, 5) is 39.2. The van der Waals surface area contributed by atoms with Crippen molar-refractivity contribution in [3.05, 3.63) is 71.8 Å². The number of nitrogens with zero attached hydrogens (tertiary/aromatic N) is 4. The van der Waals surface area contributed by atoms with Crippen LogP contribution in [0, 0.1) is 0 Å². The smallest absolute Gasteiger partial charge is 0.428 e. The number of carboxylic acid groups (broad SMARTS) is 1. The Kier molecular flexibility index (Phi) is 6.76. The Morgan fingerprint density at radius 1 is 1.03 bits per heavy atom.